The van der Waals surface area contributed by atoms with Crippen LogP contribution in [0.25, 0.3) is 0 Å². The lowest BCUT2D eigenvalue weighted by Gasteiger charge is -2.32. The number of amides is 1. The molecule has 2 rings (SSSR count). The lowest BCUT2D eigenvalue weighted by molar-refractivity contribution is -0.197. The van der Waals surface area contributed by atoms with Crippen LogP contribution in [0, 0.1) is 11.8 Å². The molecule has 3 nitrogen and oxygen atoms in total. The third-order valence-corrected chi connectivity index (χ3v) is 3.96. The van der Waals surface area contributed by atoms with Crippen molar-refractivity contribution in [2.24, 2.45) is 11.8 Å². The average Bonchev–Trinajstić information content (AvgIpc) is 2.48. The van der Waals surface area contributed by atoms with Gasteiger partial charge in [0.05, 0.1) is 12.5 Å². The van der Waals surface area contributed by atoms with Crippen molar-refractivity contribution in [3.05, 3.63) is 24.3 Å². The molecule has 0 spiro atoms. The normalized spacial score (nSPS) is 22.2. The molecule has 1 aliphatic carbocycles. The molecule has 2 unspecified atom stereocenters. The number of carbonyl (C=O) groups is 1. The van der Waals surface area contributed by atoms with E-state index in [2.05, 4.69) is 5.32 Å². The number of alkyl halides is 3. The Hall–Kier alpha value is -1.72. The summed E-state index contributed by atoms with van der Waals surface area (Å²) in [6.07, 6.45) is -2.82. The molecule has 1 amide bonds. The zero-order valence-electron chi connectivity index (χ0n) is 12.5. The molecule has 1 aliphatic rings. The van der Waals surface area contributed by atoms with Gasteiger partial charge in [0.15, 0.2) is 0 Å². The van der Waals surface area contributed by atoms with Crippen LogP contribution in [-0.2, 0) is 4.79 Å². The van der Waals surface area contributed by atoms with Crippen LogP contribution in [0.4, 0.5) is 18.9 Å². The summed E-state index contributed by atoms with van der Waals surface area (Å²) in [7, 11) is 0. The minimum Gasteiger partial charge on any atom is -0.494 e. The molecule has 122 valence electrons. The summed E-state index contributed by atoms with van der Waals surface area (Å²) in [6.45, 7) is 2.39. The smallest absolute Gasteiger partial charge is 0.392 e. The van der Waals surface area contributed by atoms with Gasteiger partial charge in [0.1, 0.15) is 5.75 Å². The van der Waals surface area contributed by atoms with Crippen molar-refractivity contribution in [1.29, 1.82) is 0 Å². The van der Waals surface area contributed by atoms with Crippen LogP contribution >= 0.6 is 0 Å². The molecule has 1 saturated carbocycles. The molecule has 0 bridgehead atoms. The summed E-state index contributed by atoms with van der Waals surface area (Å²) in [5.74, 6) is -2.43. The Kier molecular flexibility index (Phi) is 5.32. The maximum atomic E-state index is 13.0. The molecule has 6 heteroatoms. The lowest BCUT2D eigenvalue weighted by atomic mass is 9.78. The van der Waals surface area contributed by atoms with Gasteiger partial charge in [-0.25, -0.2) is 0 Å². The van der Waals surface area contributed by atoms with Crippen molar-refractivity contribution < 1.29 is 22.7 Å². The number of carbonyl (C=O) groups excluding carboxylic acids is 1. The van der Waals surface area contributed by atoms with Crippen molar-refractivity contribution in [2.75, 3.05) is 11.9 Å². The van der Waals surface area contributed by atoms with E-state index in [9.17, 15) is 18.0 Å². The van der Waals surface area contributed by atoms with E-state index in [0.29, 0.717) is 30.9 Å². The monoisotopic (exact) mass is 315 g/mol. The number of halogens is 3. The molecule has 0 aliphatic heterocycles. The molecule has 0 radical (unpaired) electrons. The van der Waals surface area contributed by atoms with E-state index in [-0.39, 0.29) is 12.8 Å². The van der Waals surface area contributed by atoms with Crippen LogP contribution in [0.3, 0.4) is 0 Å². The summed E-state index contributed by atoms with van der Waals surface area (Å²) >= 11 is 0. The fraction of sp³-hybridized carbons (Fsp3) is 0.562. The van der Waals surface area contributed by atoms with E-state index in [1.165, 1.54) is 0 Å². The molecule has 1 N–H and O–H groups in total. The highest BCUT2D eigenvalue weighted by Gasteiger charge is 2.47. The first-order valence-electron chi connectivity index (χ1n) is 7.52. The number of ether oxygens (including phenoxy) is 1. The number of hydrogen-bond acceptors (Lipinski definition) is 2. The summed E-state index contributed by atoms with van der Waals surface area (Å²) < 4.78 is 44.4. The van der Waals surface area contributed by atoms with Crippen molar-refractivity contribution in [2.45, 2.75) is 38.8 Å². The maximum Gasteiger partial charge on any atom is 0.392 e. The molecule has 22 heavy (non-hydrogen) atoms. The molecular weight excluding hydrogens is 295 g/mol. The highest BCUT2D eigenvalue weighted by atomic mass is 19.4. The third-order valence-electron chi connectivity index (χ3n) is 3.96. The second kappa shape index (κ2) is 7.03. The van der Waals surface area contributed by atoms with E-state index in [4.69, 9.17) is 4.74 Å². The average molecular weight is 315 g/mol. The van der Waals surface area contributed by atoms with E-state index >= 15 is 0 Å². The Labute approximate surface area is 127 Å². The fourth-order valence-corrected chi connectivity index (χ4v) is 2.87. The number of benzene rings is 1. The Morgan fingerprint density at radius 1 is 1.23 bits per heavy atom. The van der Waals surface area contributed by atoms with Gasteiger partial charge >= 0.3 is 6.18 Å². The first kappa shape index (κ1) is 16.6. The maximum absolute atomic E-state index is 13.0. The van der Waals surface area contributed by atoms with Crippen molar-refractivity contribution in [3.8, 4) is 5.75 Å². The van der Waals surface area contributed by atoms with E-state index in [1.807, 2.05) is 6.92 Å². The van der Waals surface area contributed by atoms with Crippen molar-refractivity contribution in [3.63, 3.8) is 0 Å². The molecule has 0 heterocycles. The van der Waals surface area contributed by atoms with E-state index < -0.39 is 23.9 Å². The van der Waals surface area contributed by atoms with Crippen molar-refractivity contribution in [1.82, 2.24) is 0 Å². The van der Waals surface area contributed by atoms with Crippen LogP contribution in [-0.4, -0.2) is 18.7 Å². The van der Waals surface area contributed by atoms with Gasteiger partial charge < -0.3 is 10.1 Å². The van der Waals surface area contributed by atoms with Gasteiger partial charge in [-0.1, -0.05) is 12.8 Å². The molecule has 0 aromatic heterocycles. The van der Waals surface area contributed by atoms with E-state index in [0.717, 1.165) is 0 Å². The second-order valence-electron chi connectivity index (χ2n) is 5.49. The standard InChI is InChI=1S/C16H20F3NO2/c1-2-22-12-9-7-11(8-10-12)20-15(21)13-5-3-4-6-14(13)16(17,18)19/h7-10,13-14H,2-6H2,1H3,(H,20,21). The molecule has 0 saturated heterocycles. The highest BCUT2D eigenvalue weighted by molar-refractivity contribution is 5.92. The second-order valence-corrected chi connectivity index (χ2v) is 5.49. The third kappa shape index (κ3) is 4.15. The summed E-state index contributed by atoms with van der Waals surface area (Å²) in [5.41, 5.74) is 0.486. The topological polar surface area (TPSA) is 38.3 Å². The minimum atomic E-state index is -4.32. The first-order chi connectivity index (χ1) is 10.4. The number of rotatable bonds is 4. The zero-order valence-corrected chi connectivity index (χ0v) is 12.5. The van der Waals surface area contributed by atoms with Crippen LogP contribution in [0.1, 0.15) is 32.6 Å². The number of anilines is 1. The van der Waals surface area contributed by atoms with Crippen LogP contribution < -0.4 is 10.1 Å². The van der Waals surface area contributed by atoms with Gasteiger partial charge in [0.2, 0.25) is 5.91 Å². The lowest BCUT2D eigenvalue weighted by Crippen LogP contribution is -2.39. The largest absolute Gasteiger partial charge is 0.494 e. The molecule has 2 atom stereocenters. The predicted octanol–water partition coefficient (Wildman–Crippen LogP) is 4.39. The van der Waals surface area contributed by atoms with Crippen LogP contribution in [0.2, 0.25) is 0 Å². The Morgan fingerprint density at radius 3 is 2.45 bits per heavy atom. The van der Waals surface area contributed by atoms with Gasteiger partial charge in [0, 0.05) is 11.6 Å². The molecule has 1 fully saturated rings. The Morgan fingerprint density at radius 2 is 1.86 bits per heavy atom. The Balaban J connectivity index is 2.03. The quantitative estimate of drug-likeness (QED) is 0.894. The number of nitrogens with one attached hydrogen (secondary N) is 1. The van der Waals surface area contributed by atoms with Gasteiger partial charge in [-0.3, -0.25) is 4.79 Å². The molecular formula is C16H20F3NO2. The van der Waals surface area contributed by atoms with Gasteiger partial charge in [-0.15, -0.1) is 0 Å². The molecule has 1 aromatic carbocycles. The van der Waals surface area contributed by atoms with Gasteiger partial charge in [-0.2, -0.15) is 13.2 Å². The summed E-state index contributed by atoms with van der Waals surface area (Å²) in [6, 6.07) is 6.63. The number of hydrogen-bond donors (Lipinski definition) is 1. The van der Waals surface area contributed by atoms with Gasteiger partial charge in [-0.05, 0) is 44.0 Å². The van der Waals surface area contributed by atoms with Crippen LogP contribution in [0.5, 0.6) is 5.75 Å². The highest BCUT2D eigenvalue weighted by Crippen LogP contribution is 2.41. The van der Waals surface area contributed by atoms with Crippen molar-refractivity contribution >= 4 is 11.6 Å². The fourth-order valence-electron chi connectivity index (χ4n) is 2.87. The summed E-state index contributed by atoms with van der Waals surface area (Å²) in [5, 5.41) is 2.59. The predicted molar refractivity (Wildman–Crippen MR) is 77.7 cm³/mol. The first-order valence-corrected chi connectivity index (χ1v) is 7.52. The minimum absolute atomic E-state index is 0.0326. The SMILES string of the molecule is CCOc1ccc(NC(=O)C2CCCCC2C(F)(F)F)cc1. The Bertz CT molecular complexity index is 499. The van der Waals surface area contributed by atoms with Crippen LogP contribution in [0.15, 0.2) is 24.3 Å². The summed E-state index contributed by atoms with van der Waals surface area (Å²) in [4.78, 5) is 12.2. The van der Waals surface area contributed by atoms with E-state index in [1.54, 1.807) is 24.3 Å². The molecule has 1 aromatic rings. The zero-order chi connectivity index (χ0) is 16.2. The van der Waals surface area contributed by atoms with Gasteiger partial charge in [0.25, 0.3) is 0 Å².